The number of furan rings is 1. The molecule has 2 aromatic rings. The van der Waals surface area contributed by atoms with Gasteiger partial charge in [0.25, 0.3) is 5.56 Å². The summed E-state index contributed by atoms with van der Waals surface area (Å²) in [6.07, 6.45) is 1.56. The number of hydrogen-bond acceptors (Lipinski definition) is 4. The van der Waals surface area contributed by atoms with Crippen molar-refractivity contribution in [3.05, 3.63) is 45.2 Å². The molecule has 0 saturated carbocycles. The summed E-state index contributed by atoms with van der Waals surface area (Å²) in [7, 11) is 0. The Morgan fingerprint density at radius 2 is 2.26 bits per heavy atom. The van der Waals surface area contributed by atoms with Crippen LogP contribution in [0.5, 0.6) is 0 Å². The van der Waals surface area contributed by atoms with Gasteiger partial charge in [0.05, 0.1) is 17.9 Å². The van der Waals surface area contributed by atoms with Crippen molar-refractivity contribution in [3.63, 3.8) is 0 Å². The molecule has 19 heavy (non-hydrogen) atoms. The number of hydrogen-bond donors (Lipinski definition) is 1. The van der Waals surface area contributed by atoms with Gasteiger partial charge in [0.1, 0.15) is 16.5 Å². The van der Waals surface area contributed by atoms with Crippen LogP contribution in [0.2, 0.25) is 5.02 Å². The summed E-state index contributed by atoms with van der Waals surface area (Å²) in [6.45, 7) is 6.14. The van der Waals surface area contributed by atoms with Gasteiger partial charge in [0, 0.05) is 6.54 Å². The van der Waals surface area contributed by atoms with E-state index >= 15 is 0 Å². The van der Waals surface area contributed by atoms with E-state index in [1.807, 2.05) is 32.9 Å². The second kappa shape index (κ2) is 5.48. The lowest BCUT2D eigenvalue weighted by atomic mass is 10.2. The highest BCUT2D eigenvalue weighted by molar-refractivity contribution is 6.32. The Bertz CT molecular complexity index is 633. The van der Waals surface area contributed by atoms with Crippen molar-refractivity contribution in [2.24, 2.45) is 0 Å². The van der Waals surface area contributed by atoms with E-state index in [1.54, 1.807) is 6.20 Å². The minimum atomic E-state index is -0.294. The van der Waals surface area contributed by atoms with E-state index in [0.29, 0.717) is 12.2 Å². The first-order valence-corrected chi connectivity index (χ1v) is 6.49. The standard InChI is InChI=1S/C13H16ClN3O2/c1-4-17-13(18)12(14)10(7-15-17)16-9(3)11-6-5-8(2)19-11/h5-7,9,16H,4H2,1-3H3. The average Bonchev–Trinajstić information content (AvgIpc) is 2.82. The molecule has 102 valence electrons. The number of anilines is 1. The lowest BCUT2D eigenvalue weighted by Gasteiger charge is -2.14. The maximum atomic E-state index is 11.8. The van der Waals surface area contributed by atoms with E-state index in [-0.39, 0.29) is 16.6 Å². The van der Waals surface area contributed by atoms with Crippen molar-refractivity contribution >= 4 is 17.3 Å². The van der Waals surface area contributed by atoms with Gasteiger partial charge in [0.2, 0.25) is 0 Å². The molecule has 0 spiro atoms. The van der Waals surface area contributed by atoms with Crippen LogP contribution in [0.1, 0.15) is 31.4 Å². The summed E-state index contributed by atoms with van der Waals surface area (Å²) in [5.41, 5.74) is 0.218. The van der Waals surface area contributed by atoms with E-state index in [0.717, 1.165) is 11.5 Å². The van der Waals surface area contributed by atoms with Crippen LogP contribution >= 0.6 is 11.6 Å². The van der Waals surface area contributed by atoms with Gasteiger partial charge in [0.15, 0.2) is 0 Å². The summed E-state index contributed by atoms with van der Waals surface area (Å²) in [6, 6.07) is 3.69. The predicted molar refractivity (Wildman–Crippen MR) is 74.7 cm³/mol. The number of halogens is 1. The van der Waals surface area contributed by atoms with Crippen molar-refractivity contribution in [1.29, 1.82) is 0 Å². The van der Waals surface area contributed by atoms with Crippen molar-refractivity contribution in [1.82, 2.24) is 9.78 Å². The molecule has 0 saturated heterocycles. The first-order valence-electron chi connectivity index (χ1n) is 6.11. The average molecular weight is 282 g/mol. The van der Waals surface area contributed by atoms with E-state index in [1.165, 1.54) is 4.68 Å². The zero-order chi connectivity index (χ0) is 14.0. The molecule has 0 bridgehead atoms. The summed E-state index contributed by atoms with van der Waals surface area (Å²) < 4.78 is 6.84. The fourth-order valence-electron chi connectivity index (χ4n) is 1.78. The van der Waals surface area contributed by atoms with E-state index < -0.39 is 0 Å². The minimum Gasteiger partial charge on any atom is -0.464 e. The monoisotopic (exact) mass is 281 g/mol. The highest BCUT2D eigenvalue weighted by atomic mass is 35.5. The number of nitrogens with one attached hydrogen (secondary N) is 1. The number of rotatable bonds is 4. The fourth-order valence-corrected chi connectivity index (χ4v) is 1.98. The summed E-state index contributed by atoms with van der Waals surface area (Å²) in [5.74, 6) is 1.63. The van der Waals surface area contributed by atoms with Crippen LogP contribution in [-0.2, 0) is 6.54 Å². The van der Waals surface area contributed by atoms with Crippen molar-refractivity contribution in [3.8, 4) is 0 Å². The van der Waals surface area contributed by atoms with E-state index in [4.69, 9.17) is 16.0 Å². The van der Waals surface area contributed by atoms with Crippen LogP contribution in [0, 0.1) is 6.92 Å². The Morgan fingerprint density at radius 1 is 1.53 bits per heavy atom. The maximum Gasteiger partial charge on any atom is 0.287 e. The smallest absolute Gasteiger partial charge is 0.287 e. The van der Waals surface area contributed by atoms with Gasteiger partial charge in [-0.15, -0.1) is 0 Å². The van der Waals surface area contributed by atoms with Gasteiger partial charge in [-0.3, -0.25) is 4.79 Å². The van der Waals surface area contributed by atoms with Crippen LogP contribution in [0.3, 0.4) is 0 Å². The topological polar surface area (TPSA) is 60.1 Å². The SMILES string of the molecule is CCn1ncc(NC(C)c2ccc(C)o2)c(Cl)c1=O. The fraction of sp³-hybridized carbons (Fsp3) is 0.385. The first kappa shape index (κ1) is 13.7. The molecule has 1 unspecified atom stereocenters. The van der Waals surface area contributed by atoms with E-state index in [9.17, 15) is 4.79 Å². The molecule has 0 aliphatic heterocycles. The summed E-state index contributed by atoms with van der Waals surface area (Å²) in [4.78, 5) is 11.8. The van der Waals surface area contributed by atoms with Gasteiger partial charge in [-0.05, 0) is 32.9 Å². The Morgan fingerprint density at radius 3 is 2.84 bits per heavy atom. The van der Waals surface area contributed by atoms with Crippen LogP contribution in [-0.4, -0.2) is 9.78 Å². The Balaban J connectivity index is 2.24. The Hall–Kier alpha value is -1.75. The maximum absolute atomic E-state index is 11.8. The van der Waals surface area contributed by atoms with Gasteiger partial charge < -0.3 is 9.73 Å². The van der Waals surface area contributed by atoms with Crippen LogP contribution in [0.15, 0.2) is 27.5 Å². The number of aryl methyl sites for hydroxylation is 2. The van der Waals surface area contributed by atoms with Gasteiger partial charge in [-0.2, -0.15) is 5.10 Å². The van der Waals surface area contributed by atoms with Crippen molar-refractivity contribution in [2.45, 2.75) is 33.4 Å². The van der Waals surface area contributed by atoms with Gasteiger partial charge in [-0.1, -0.05) is 11.6 Å². The van der Waals surface area contributed by atoms with Gasteiger partial charge in [-0.25, -0.2) is 4.68 Å². The minimum absolute atomic E-state index is 0.0927. The lowest BCUT2D eigenvalue weighted by Crippen LogP contribution is -2.23. The molecule has 1 atom stereocenters. The zero-order valence-corrected chi connectivity index (χ0v) is 11.9. The lowest BCUT2D eigenvalue weighted by molar-refractivity contribution is 0.466. The predicted octanol–water partition coefficient (Wildman–Crippen LogP) is 2.99. The molecule has 6 heteroatoms. The van der Waals surface area contributed by atoms with Crippen molar-refractivity contribution in [2.75, 3.05) is 5.32 Å². The molecule has 0 aromatic carbocycles. The molecular formula is C13H16ClN3O2. The normalized spacial score (nSPS) is 12.4. The molecule has 0 fully saturated rings. The molecule has 2 rings (SSSR count). The van der Waals surface area contributed by atoms with Crippen molar-refractivity contribution < 1.29 is 4.42 Å². The number of nitrogens with zero attached hydrogens (tertiary/aromatic N) is 2. The third-order valence-corrected chi connectivity index (χ3v) is 3.21. The molecule has 0 aliphatic rings. The van der Waals surface area contributed by atoms with Crippen LogP contribution < -0.4 is 10.9 Å². The quantitative estimate of drug-likeness (QED) is 0.936. The van der Waals surface area contributed by atoms with Crippen LogP contribution in [0.4, 0.5) is 5.69 Å². The second-order valence-electron chi connectivity index (χ2n) is 4.31. The molecule has 1 N–H and O–H groups in total. The largest absolute Gasteiger partial charge is 0.464 e. The molecule has 0 amide bonds. The van der Waals surface area contributed by atoms with Crippen LogP contribution in [0.25, 0.3) is 0 Å². The highest BCUT2D eigenvalue weighted by Crippen LogP contribution is 2.23. The zero-order valence-electron chi connectivity index (χ0n) is 11.1. The molecule has 0 radical (unpaired) electrons. The molecule has 2 heterocycles. The van der Waals surface area contributed by atoms with E-state index in [2.05, 4.69) is 10.4 Å². The first-order chi connectivity index (χ1) is 9.02. The Labute approximate surface area is 116 Å². The van der Waals surface area contributed by atoms with Gasteiger partial charge >= 0.3 is 0 Å². The molecular weight excluding hydrogens is 266 g/mol. The summed E-state index contributed by atoms with van der Waals surface area (Å²) in [5, 5.41) is 7.31. The molecule has 2 aromatic heterocycles. The highest BCUT2D eigenvalue weighted by Gasteiger charge is 2.14. The number of aromatic nitrogens is 2. The third-order valence-electron chi connectivity index (χ3n) is 2.84. The second-order valence-corrected chi connectivity index (χ2v) is 4.69. The molecule has 5 nitrogen and oxygen atoms in total. The third kappa shape index (κ3) is 2.81. The summed E-state index contributed by atoms with van der Waals surface area (Å²) >= 11 is 6.05. The molecule has 0 aliphatic carbocycles. The Kier molecular flexibility index (Phi) is 3.95.